The van der Waals surface area contributed by atoms with Crippen molar-refractivity contribution in [1.29, 1.82) is 5.26 Å². The fraction of sp³-hybridized carbons (Fsp3) is 0.526. The zero-order valence-corrected chi connectivity index (χ0v) is 14.4. The lowest BCUT2D eigenvalue weighted by atomic mass is 9.99. The Kier molecular flexibility index (Phi) is 5.54. The fourth-order valence-corrected chi connectivity index (χ4v) is 3.68. The molecule has 2 aliphatic heterocycles. The predicted molar refractivity (Wildman–Crippen MR) is 95.0 cm³/mol. The average molecular weight is 340 g/mol. The Hall–Kier alpha value is -2.55. The highest BCUT2D eigenvalue weighted by Gasteiger charge is 2.28. The highest BCUT2D eigenvalue weighted by molar-refractivity contribution is 5.89. The molecule has 0 unspecified atom stereocenters. The van der Waals surface area contributed by atoms with Gasteiger partial charge in [-0.15, -0.1) is 0 Å². The average Bonchev–Trinajstić information content (AvgIpc) is 3.05. The Bertz CT molecular complexity index is 682. The van der Waals surface area contributed by atoms with Gasteiger partial charge >= 0.3 is 6.03 Å². The number of nitriles is 1. The maximum atomic E-state index is 12.7. The summed E-state index contributed by atoms with van der Waals surface area (Å²) in [5.74, 6) is 0.236. The third-order valence-electron chi connectivity index (χ3n) is 5.03. The summed E-state index contributed by atoms with van der Waals surface area (Å²) in [5.41, 5.74) is 1.17. The molecular weight excluding hydrogens is 316 g/mol. The summed E-state index contributed by atoms with van der Waals surface area (Å²) in [6, 6.07) is 9.08. The van der Waals surface area contributed by atoms with E-state index in [2.05, 4.69) is 11.4 Å². The minimum absolute atomic E-state index is 0.118. The molecule has 2 aliphatic rings. The Morgan fingerprint density at radius 3 is 2.92 bits per heavy atom. The van der Waals surface area contributed by atoms with Gasteiger partial charge in [0.25, 0.3) is 0 Å². The third-order valence-corrected chi connectivity index (χ3v) is 5.03. The molecule has 0 aliphatic carbocycles. The Morgan fingerprint density at radius 2 is 2.16 bits per heavy atom. The van der Waals surface area contributed by atoms with Gasteiger partial charge in [0.15, 0.2) is 0 Å². The summed E-state index contributed by atoms with van der Waals surface area (Å²) < 4.78 is 0. The van der Waals surface area contributed by atoms with Crippen molar-refractivity contribution in [3.63, 3.8) is 0 Å². The number of benzene rings is 1. The van der Waals surface area contributed by atoms with Gasteiger partial charge in [-0.25, -0.2) is 4.79 Å². The van der Waals surface area contributed by atoms with Crippen molar-refractivity contribution in [2.24, 2.45) is 0 Å². The molecule has 132 valence electrons. The summed E-state index contributed by atoms with van der Waals surface area (Å²) >= 11 is 0. The number of rotatable bonds is 4. The molecule has 0 saturated carbocycles. The van der Waals surface area contributed by atoms with Crippen molar-refractivity contribution in [3.05, 3.63) is 29.8 Å². The Morgan fingerprint density at radius 1 is 1.28 bits per heavy atom. The third kappa shape index (κ3) is 4.30. The van der Waals surface area contributed by atoms with Gasteiger partial charge in [-0.1, -0.05) is 6.07 Å². The molecule has 0 radical (unpaired) electrons. The van der Waals surface area contributed by atoms with Crippen LogP contribution in [0.15, 0.2) is 24.3 Å². The minimum atomic E-state index is -0.118. The topological polar surface area (TPSA) is 76.4 Å². The van der Waals surface area contributed by atoms with Crippen LogP contribution in [0.3, 0.4) is 0 Å². The quantitative estimate of drug-likeness (QED) is 0.915. The SMILES string of the molecule is N#Cc1cccc(NC(=O)N2CCCC[C@@H]2CCN2CCCC2=O)c1. The van der Waals surface area contributed by atoms with E-state index < -0.39 is 0 Å². The number of carbonyl (C=O) groups excluding carboxylic acids is 2. The van der Waals surface area contributed by atoms with Gasteiger partial charge in [0.1, 0.15) is 0 Å². The van der Waals surface area contributed by atoms with Gasteiger partial charge in [-0.2, -0.15) is 5.26 Å². The van der Waals surface area contributed by atoms with Gasteiger partial charge in [-0.05, 0) is 50.3 Å². The van der Waals surface area contributed by atoms with E-state index in [4.69, 9.17) is 5.26 Å². The molecule has 0 aromatic heterocycles. The molecule has 6 nitrogen and oxygen atoms in total. The number of nitrogens with zero attached hydrogens (tertiary/aromatic N) is 3. The molecule has 1 aromatic carbocycles. The van der Waals surface area contributed by atoms with Crippen molar-refractivity contribution in [3.8, 4) is 6.07 Å². The summed E-state index contributed by atoms with van der Waals surface area (Å²) in [6.07, 6.45) is 5.54. The van der Waals surface area contributed by atoms with E-state index in [1.165, 1.54) is 0 Å². The van der Waals surface area contributed by atoms with Crippen molar-refractivity contribution in [2.75, 3.05) is 25.0 Å². The fourth-order valence-electron chi connectivity index (χ4n) is 3.68. The lowest BCUT2D eigenvalue weighted by Gasteiger charge is -2.36. The Balaban J connectivity index is 1.60. The van der Waals surface area contributed by atoms with Crippen molar-refractivity contribution < 1.29 is 9.59 Å². The smallest absolute Gasteiger partial charge is 0.322 e. The first-order valence-corrected chi connectivity index (χ1v) is 9.03. The van der Waals surface area contributed by atoms with Crippen molar-refractivity contribution in [1.82, 2.24) is 9.80 Å². The van der Waals surface area contributed by atoms with Crippen LogP contribution in [0.25, 0.3) is 0 Å². The molecule has 1 N–H and O–H groups in total. The molecule has 3 amide bonds. The van der Waals surface area contributed by atoms with Gasteiger partial charge in [0.2, 0.25) is 5.91 Å². The van der Waals surface area contributed by atoms with E-state index in [9.17, 15) is 9.59 Å². The first kappa shape index (κ1) is 17.3. The number of likely N-dealkylation sites (tertiary alicyclic amines) is 2. The highest BCUT2D eigenvalue weighted by Crippen LogP contribution is 2.22. The van der Waals surface area contributed by atoms with Gasteiger partial charge in [-0.3, -0.25) is 4.79 Å². The number of urea groups is 1. The Labute approximate surface area is 148 Å². The van der Waals surface area contributed by atoms with Crippen LogP contribution in [0.4, 0.5) is 10.5 Å². The summed E-state index contributed by atoms with van der Waals surface area (Å²) in [4.78, 5) is 28.3. The molecule has 1 aromatic rings. The molecule has 0 bridgehead atoms. The number of nitrogens with one attached hydrogen (secondary N) is 1. The van der Waals surface area contributed by atoms with Gasteiger partial charge in [0.05, 0.1) is 11.6 Å². The standard InChI is InChI=1S/C19H24N4O2/c20-14-15-5-3-6-16(13-15)21-19(25)23-11-2-1-7-17(23)9-12-22-10-4-8-18(22)24/h3,5-6,13,17H,1-2,4,7-12H2,(H,21,25)/t17-/m1/s1. The normalized spacial score (nSPS) is 20.4. The van der Waals surface area contributed by atoms with Crippen LogP contribution >= 0.6 is 0 Å². The highest BCUT2D eigenvalue weighted by atomic mass is 16.2. The maximum Gasteiger partial charge on any atom is 0.322 e. The van der Waals surface area contributed by atoms with E-state index in [0.29, 0.717) is 17.7 Å². The predicted octanol–water partition coefficient (Wildman–Crippen LogP) is 2.96. The molecule has 2 fully saturated rings. The maximum absolute atomic E-state index is 12.7. The second kappa shape index (κ2) is 8.02. The van der Waals surface area contributed by atoms with E-state index >= 15 is 0 Å². The van der Waals surface area contributed by atoms with Gasteiger partial charge in [0, 0.05) is 37.8 Å². The number of piperidine rings is 1. The summed E-state index contributed by atoms with van der Waals surface area (Å²) in [6.45, 7) is 2.32. The molecule has 6 heteroatoms. The van der Waals surface area contributed by atoms with Crippen LogP contribution in [0, 0.1) is 11.3 Å². The first-order chi connectivity index (χ1) is 12.2. The largest absolute Gasteiger partial charge is 0.343 e. The van der Waals surface area contributed by atoms with E-state index in [1.54, 1.807) is 24.3 Å². The lowest BCUT2D eigenvalue weighted by molar-refractivity contribution is -0.127. The second-order valence-electron chi connectivity index (χ2n) is 6.74. The van der Waals surface area contributed by atoms with E-state index in [-0.39, 0.29) is 18.0 Å². The zero-order chi connectivity index (χ0) is 17.6. The van der Waals surface area contributed by atoms with Crippen LogP contribution in [0.1, 0.15) is 44.1 Å². The van der Waals surface area contributed by atoms with E-state index in [1.807, 2.05) is 9.80 Å². The molecule has 2 heterocycles. The molecule has 3 rings (SSSR count). The monoisotopic (exact) mass is 340 g/mol. The van der Waals surface area contributed by atoms with Crippen LogP contribution in [-0.4, -0.2) is 47.4 Å². The summed E-state index contributed by atoms with van der Waals surface area (Å²) in [5, 5.41) is 11.9. The molecule has 25 heavy (non-hydrogen) atoms. The van der Waals surface area contributed by atoms with Crippen LogP contribution in [0.2, 0.25) is 0 Å². The number of anilines is 1. The minimum Gasteiger partial charge on any atom is -0.343 e. The molecular formula is C19H24N4O2. The zero-order valence-electron chi connectivity index (χ0n) is 14.4. The first-order valence-electron chi connectivity index (χ1n) is 9.03. The van der Waals surface area contributed by atoms with E-state index in [0.717, 1.165) is 51.7 Å². The molecule has 2 saturated heterocycles. The number of hydrogen-bond donors (Lipinski definition) is 1. The number of carbonyl (C=O) groups is 2. The number of amides is 3. The second-order valence-corrected chi connectivity index (χ2v) is 6.74. The summed E-state index contributed by atoms with van der Waals surface area (Å²) in [7, 11) is 0. The number of hydrogen-bond acceptors (Lipinski definition) is 3. The molecule has 1 atom stereocenters. The van der Waals surface area contributed by atoms with Crippen LogP contribution in [-0.2, 0) is 4.79 Å². The van der Waals surface area contributed by atoms with Crippen molar-refractivity contribution >= 4 is 17.6 Å². The molecule has 0 spiro atoms. The van der Waals surface area contributed by atoms with Crippen LogP contribution < -0.4 is 5.32 Å². The van der Waals surface area contributed by atoms with Crippen LogP contribution in [0.5, 0.6) is 0 Å². The van der Waals surface area contributed by atoms with Crippen molar-refractivity contribution in [2.45, 2.75) is 44.6 Å². The lowest BCUT2D eigenvalue weighted by Crippen LogP contribution is -2.47. The van der Waals surface area contributed by atoms with Gasteiger partial charge < -0.3 is 15.1 Å².